The molecule has 0 N–H and O–H groups in total. The second-order valence-electron chi connectivity index (χ2n) is 6.17. The first-order chi connectivity index (χ1) is 6.95. The molecular weight excluding hydrogens is 180 g/mol. The predicted octanol–water partition coefficient (Wildman–Crippen LogP) is 5.52. The van der Waals surface area contributed by atoms with Gasteiger partial charge >= 0.3 is 0 Å². The van der Waals surface area contributed by atoms with E-state index in [4.69, 9.17) is 0 Å². The number of hydrogen-bond donors (Lipinski definition) is 0. The van der Waals surface area contributed by atoms with Crippen LogP contribution in [0.2, 0.25) is 0 Å². The second kappa shape index (κ2) is 8.19. The second-order valence-corrected chi connectivity index (χ2v) is 6.17. The topological polar surface area (TPSA) is 0 Å². The zero-order chi connectivity index (χ0) is 11.8. The lowest BCUT2D eigenvalue weighted by molar-refractivity contribution is 0.324. The highest BCUT2D eigenvalue weighted by atomic mass is 14.2. The van der Waals surface area contributed by atoms with Crippen LogP contribution in [0.25, 0.3) is 0 Å². The van der Waals surface area contributed by atoms with Gasteiger partial charge in [-0.1, -0.05) is 60.8 Å². The summed E-state index contributed by atoms with van der Waals surface area (Å²) in [6.07, 6.45) is 7.01. The molecule has 3 atom stereocenters. The molecule has 0 aliphatic carbocycles. The molecule has 0 nitrogen and oxygen atoms in total. The van der Waals surface area contributed by atoms with Crippen molar-refractivity contribution in [1.29, 1.82) is 0 Å². The molecule has 0 aliphatic rings. The summed E-state index contributed by atoms with van der Waals surface area (Å²) < 4.78 is 0. The lowest BCUT2D eigenvalue weighted by Gasteiger charge is -2.20. The normalized spacial score (nSPS) is 17.8. The molecule has 0 radical (unpaired) electrons. The fourth-order valence-electron chi connectivity index (χ4n) is 2.48. The molecule has 92 valence electrons. The molecule has 0 aromatic heterocycles. The fourth-order valence-corrected chi connectivity index (χ4v) is 2.48. The van der Waals surface area contributed by atoms with Crippen molar-refractivity contribution in [3.63, 3.8) is 0 Å². The SMILES string of the molecule is CCC(C)CC[C@@H](C)CC(C)CC(C)C. The van der Waals surface area contributed by atoms with Gasteiger partial charge in [0.2, 0.25) is 0 Å². The lowest BCUT2D eigenvalue weighted by Crippen LogP contribution is -2.07. The predicted molar refractivity (Wildman–Crippen MR) is 71.1 cm³/mol. The first-order valence-corrected chi connectivity index (χ1v) is 6.95. The Balaban J connectivity index is 3.59. The van der Waals surface area contributed by atoms with Crippen LogP contribution >= 0.6 is 0 Å². The van der Waals surface area contributed by atoms with Gasteiger partial charge in [0.05, 0.1) is 0 Å². The highest BCUT2D eigenvalue weighted by Crippen LogP contribution is 2.24. The third kappa shape index (κ3) is 8.96. The molecular formula is C15H32. The van der Waals surface area contributed by atoms with Gasteiger partial charge in [0.1, 0.15) is 0 Å². The Morgan fingerprint density at radius 2 is 1.20 bits per heavy atom. The van der Waals surface area contributed by atoms with Gasteiger partial charge in [-0.2, -0.15) is 0 Å². The zero-order valence-corrected chi connectivity index (χ0v) is 11.8. The number of hydrogen-bond acceptors (Lipinski definition) is 0. The summed E-state index contributed by atoms with van der Waals surface area (Å²) in [4.78, 5) is 0. The average molecular weight is 212 g/mol. The van der Waals surface area contributed by atoms with Crippen LogP contribution in [0.5, 0.6) is 0 Å². The Morgan fingerprint density at radius 1 is 0.667 bits per heavy atom. The van der Waals surface area contributed by atoms with Gasteiger partial charge in [-0.3, -0.25) is 0 Å². The molecule has 0 heterocycles. The van der Waals surface area contributed by atoms with E-state index in [2.05, 4.69) is 41.5 Å². The van der Waals surface area contributed by atoms with E-state index in [1.54, 1.807) is 0 Å². The van der Waals surface area contributed by atoms with E-state index in [0.29, 0.717) is 0 Å². The summed E-state index contributed by atoms with van der Waals surface area (Å²) in [5.74, 6) is 3.62. The summed E-state index contributed by atoms with van der Waals surface area (Å²) >= 11 is 0. The average Bonchev–Trinajstić information content (AvgIpc) is 2.12. The minimum absolute atomic E-state index is 0.863. The fraction of sp³-hybridized carbons (Fsp3) is 1.00. The molecule has 2 unspecified atom stereocenters. The van der Waals surface area contributed by atoms with Gasteiger partial charge in [-0.25, -0.2) is 0 Å². The van der Waals surface area contributed by atoms with E-state index in [1.165, 1.54) is 32.1 Å². The van der Waals surface area contributed by atoms with Gasteiger partial charge < -0.3 is 0 Å². The Labute approximate surface area is 97.8 Å². The van der Waals surface area contributed by atoms with Gasteiger partial charge in [0.25, 0.3) is 0 Å². The van der Waals surface area contributed by atoms with Crippen LogP contribution in [-0.2, 0) is 0 Å². The van der Waals surface area contributed by atoms with E-state index < -0.39 is 0 Å². The van der Waals surface area contributed by atoms with Crippen LogP contribution in [0.3, 0.4) is 0 Å². The van der Waals surface area contributed by atoms with Crippen molar-refractivity contribution in [3.8, 4) is 0 Å². The van der Waals surface area contributed by atoms with Crippen molar-refractivity contribution in [2.75, 3.05) is 0 Å². The molecule has 0 aliphatic heterocycles. The third-order valence-corrected chi connectivity index (χ3v) is 3.53. The maximum absolute atomic E-state index is 2.43. The van der Waals surface area contributed by atoms with E-state index in [1.807, 2.05) is 0 Å². The molecule has 0 aromatic rings. The minimum atomic E-state index is 0.863. The molecule has 0 bridgehead atoms. The number of rotatable bonds is 8. The van der Waals surface area contributed by atoms with Crippen LogP contribution in [-0.4, -0.2) is 0 Å². The maximum atomic E-state index is 2.43. The Bertz CT molecular complexity index is 137. The zero-order valence-electron chi connectivity index (χ0n) is 11.8. The Hall–Kier alpha value is 0. The summed E-state index contributed by atoms with van der Waals surface area (Å²) in [5, 5.41) is 0. The monoisotopic (exact) mass is 212 g/mol. The van der Waals surface area contributed by atoms with Crippen molar-refractivity contribution < 1.29 is 0 Å². The van der Waals surface area contributed by atoms with E-state index >= 15 is 0 Å². The largest absolute Gasteiger partial charge is 0.0651 e. The van der Waals surface area contributed by atoms with Gasteiger partial charge in [0.15, 0.2) is 0 Å². The molecule has 0 spiro atoms. The van der Waals surface area contributed by atoms with Crippen LogP contribution in [0.15, 0.2) is 0 Å². The summed E-state index contributed by atoms with van der Waals surface area (Å²) in [5.41, 5.74) is 0. The molecule has 0 saturated carbocycles. The van der Waals surface area contributed by atoms with Crippen molar-refractivity contribution in [2.45, 2.75) is 73.6 Å². The first kappa shape index (κ1) is 15.0. The van der Waals surface area contributed by atoms with Crippen LogP contribution < -0.4 is 0 Å². The molecule has 0 amide bonds. The minimum Gasteiger partial charge on any atom is -0.0651 e. The van der Waals surface area contributed by atoms with Crippen molar-refractivity contribution in [3.05, 3.63) is 0 Å². The molecule has 0 rings (SSSR count). The summed E-state index contributed by atoms with van der Waals surface area (Å²) in [7, 11) is 0. The molecule has 15 heavy (non-hydrogen) atoms. The van der Waals surface area contributed by atoms with E-state index in [-0.39, 0.29) is 0 Å². The highest BCUT2D eigenvalue weighted by Gasteiger charge is 2.11. The quantitative estimate of drug-likeness (QED) is 0.497. The smallest absolute Gasteiger partial charge is 0.0438 e. The molecule has 0 saturated heterocycles. The third-order valence-electron chi connectivity index (χ3n) is 3.53. The highest BCUT2D eigenvalue weighted by molar-refractivity contribution is 4.63. The van der Waals surface area contributed by atoms with Gasteiger partial charge in [-0.05, 0) is 36.5 Å². The van der Waals surface area contributed by atoms with Crippen LogP contribution in [0.4, 0.5) is 0 Å². The maximum Gasteiger partial charge on any atom is -0.0438 e. The van der Waals surface area contributed by atoms with Crippen molar-refractivity contribution >= 4 is 0 Å². The van der Waals surface area contributed by atoms with Crippen molar-refractivity contribution in [2.24, 2.45) is 23.7 Å². The lowest BCUT2D eigenvalue weighted by atomic mass is 9.86. The molecule has 0 fully saturated rings. The molecule has 0 aromatic carbocycles. The first-order valence-electron chi connectivity index (χ1n) is 6.95. The summed E-state index contributed by atoms with van der Waals surface area (Å²) in [6.45, 7) is 14.2. The standard InChI is InChI=1S/C15H32/c1-7-13(4)8-9-14(5)11-15(6)10-12(2)3/h12-15H,7-11H2,1-6H3/t13?,14-,15?/m1/s1. The Kier molecular flexibility index (Phi) is 8.19. The summed E-state index contributed by atoms with van der Waals surface area (Å²) in [6, 6.07) is 0. The van der Waals surface area contributed by atoms with Crippen LogP contribution in [0, 0.1) is 23.7 Å². The Morgan fingerprint density at radius 3 is 1.67 bits per heavy atom. The molecule has 0 heteroatoms. The van der Waals surface area contributed by atoms with E-state index in [0.717, 1.165) is 23.7 Å². The van der Waals surface area contributed by atoms with E-state index in [9.17, 15) is 0 Å². The van der Waals surface area contributed by atoms with Gasteiger partial charge in [0, 0.05) is 0 Å². The van der Waals surface area contributed by atoms with Crippen LogP contribution in [0.1, 0.15) is 73.6 Å². The van der Waals surface area contributed by atoms with Crippen molar-refractivity contribution in [1.82, 2.24) is 0 Å². The van der Waals surface area contributed by atoms with Gasteiger partial charge in [-0.15, -0.1) is 0 Å².